The number of aryl methyl sites for hydroxylation is 3. The zero-order valence-corrected chi connectivity index (χ0v) is 19.9. The monoisotopic (exact) mass is 500 g/mol. The van der Waals surface area contributed by atoms with E-state index in [0.717, 1.165) is 49.2 Å². The number of halogens is 1. The van der Waals surface area contributed by atoms with Gasteiger partial charge in [-0.3, -0.25) is 4.68 Å². The summed E-state index contributed by atoms with van der Waals surface area (Å²) in [6, 6.07) is 0.247. The Morgan fingerprint density at radius 1 is 1.25 bits per heavy atom. The second-order valence-corrected chi connectivity index (χ2v) is 7.36. The molecular formula is C19H33IN8. The molecule has 1 atom stereocenters. The minimum absolute atomic E-state index is 0. The highest BCUT2D eigenvalue weighted by atomic mass is 127. The van der Waals surface area contributed by atoms with Crippen molar-refractivity contribution in [1.29, 1.82) is 0 Å². The van der Waals surface area contributed by atoms with E-state index in [1.807, 2.05) is 11.7 Å². The maximum atomic E-state index is 4.75. The van der Waals surface area contributed by atoms with E-state index in [1.165, 1.54) is 24.1 Å². The van der Waals surface area contributed by atoms with Crippen LogP contribution in [0.4, 0.5) is 0 Å². The van der Waals surface area contributed by atoms with Crippen LogP contribution in [0.25, 0.3) is 0 Å². The Hall–Kier alpha value is -1.65. The molecule has 9 heteroatoms. The SMILES string of the molecule is CCNC(=NCc1nnc2n1CCCC2)NC(C)Cc1c(C)nn(C)c1C.I. The van der Waals surface area contributed by atoms with E-state index < -0.39 is 0 Å². The van der Waals surface area contributed by atoms with Gasteiger partial charge in [-0.15, -0.1) is 34.2 Å². The molecular weight excluding hydrogens is 467 g/mol. The molecule has 156 valence electrons. The number of rotatable bonds is 6. The van der Waals surface area contributed by atoms with Crippen molar-refractivity contribution in [2.45, 2.75) is 72.5 Å². The van der Waals surface area contributed by atoms with Gasteiger partial charge in [0.15, 0.2) is 11.8 Å². The minimum atomic E-state index is 0. The maximum Gasteiger partial charge on any atom is 0.191 e. The number of fused-ring (bicyclic) bond motifs is 1. The number of nitrogens with one attached hydrogen (secondary N) is 2. The molecule has 1 unspecified atom stereocenters. The Morgan fingerprint density at radius 2 is 2.04 bits per heavy atom. The van der Waals surface area contributed by atoms with E-state index in [4.69, 9.17) is 4.99 Å². The minimum Gasteiger partial charge on any atom is -0.357 e. The van der Waals surface area contributed by atoms with Crippen molar-refractivity contribution in [3.8, 4) is 0 Å². The molecule has 8 nitrogen and oxygen atoms in total. The molecule has 3 rings (SSSR count). The van der Waals surface area contributed by atoms with Crippen molar-refractivity contribution in [2.24, 2.45) is 12.0 Å². The molecule has 28 heavy (non-hydrogen) atoms. The highest BCUT2D eigenvalue weighted by Gasteiger charge is 2.16. The van der Waals surface area contributed by atoms with Crippen LogP contribution in [0.5, 0.6) is 0 Å². The molecule has 0 aromatic carbocycles. The maximum absolute atomic E-state index is 4.75. The lowest BCUT2D eigenvalue weighted by atomic mass is 10.1. The normalized spacial score (nSPS) is 15.0. The first-order valence-electron chi connectivity index (χ1n) is 9.94. The summed E-state index contributed by atoms with van der Waals surface area (Å²) < 4.78 is 4.17. The Labute approximate surface area is 184 Å². The molecule has 0 saturated carbocycles. The Balaban J connectivity index is 0.00000280. The predicted molar refractivity (Wildman–Crippen MR) is 122 cm³/mol. The van der Waals surface area contributed by atoms with Gasteiger partial charge in [-0.2, -0.15) is 5.10 Å². The van der Waals surface area contributed by atoms with Crippen molar-refractivity contribution in [2.75, 3.05) is 6.54 Å². The summed E-state index contributed by atoms with van der Waals surface area (Å²) in [7, 11) is 1.99. The molecule has 0 saturated heterocycles. The van der Waals surface area contributed by atoms with Gasteiger partial charge in [0.1, 0.15) is 12.4 Å². The zero-order valence-electron chi connectivity index (χ0n) is 17.6. The molecule has 2 N–H and O–H groups in total. The molecule has 0 aliphatic carbocycles. The third-order valence-electron chi connectivity index (χ3n) is 5.21. The summed E-state index contributed by atoms with van der Waals surface area (Å²) >= 11 is 0. The Bertz CT molecular complexity index is 807. The topological polar surface area (TPSA) is 84.9 Å². The van der Waals surface area contributed by atoms with Crippen molar-refractivity contribution < 1.29 is 0 Å². The zero-order chi connectivity index (χ0) is 19.4. The number of hydrogen-bond acceptors (Lipinski definition) is 4. The summed E-state index contributed by atoms with van der Waals surface area (Å²) in [5.41, 5.74) is 3.62. The van der Waals surface area contributed by atoms with Crippen LogP contribution in [-0.2, 0) is 33.0 Å². The van der Waals surface area contributed by atoms with Gasteiger partial charge in [-0.1, -0.05) is 0 Å². The first kappa shape index (κ1) is 22.6. The third-order valence-corrected chi connectivity index (χ3v) is 5.21. The fourth-order valence-electron chi connectivity index (χ4n) is 3.66. The molecule has 3 heterocycles. The van der Waals surface area contributed by atoms with E-state index in [1.54, 1.807) is 0 Å². The van der Waals surface area contributed by atoms with Crippen LogP contribution in [0.3, 0.4) is 0 Å². The smallest absolute Gasteiger partial charge is 0.191 e. The molecule has 1 aliphatic rings. The van der Waals surface area contributed by atoms with Gasteiger partial charge >= 0.3 is 0 Å². The molecule has 0 amide bonds. The van der Waals surface area contributed by atoms with Gasteiger partial charge in [0.05, 0.1) is 5.69 Å². The van der Waals surface area contributed by atoms with Gasteiger partial charge in [0.2, 0.25) is 0 Å². The molecule has 0 radical (unpaired) electrons. The van der Waals surface area contributed by atoms with E-state index in [2.05, 4.69) is 58.2 Å². The fourth-order valence-corrected chi connectivity index (χ4v) is 3.66. The van der Waals surface area contributed by atoms with Crippen LogP contribution in [0.1, 0.15) is 55.3 Å². The number of nitrogens with zero attached hydrogens (tertiary/aromatic N) is 6. The highest BCUT2D eigenvalue weighted by Crippen LogP contribution is 2.15. The highest BCUT2D eigenvalue weighted by molar-refractivity contribution is 14.0. The first-order chi connectivity index (χ1) is 13.0. The molecule has 1 aliphatic heterocycles. The molecule has 0 bridgehead atoms. The Kier molecular flexibility index (Phi) is 8.26. The van der Waals surface area contributed by atoms with E-state index >= 15 is 0 Å². The van der Waals surface area contributed by atoms with Gasteiger partial charge in [0.25, 0.3) is 0 Å². The summed E-state index contributed by atoms with van der Waals surface area (Å²) in [4.78, 5) is 4.75. The summed E-state index contributed by atoms with van der Waals surface area (Å²) in [6.45, 7) is 10.8. The van der Waals surface area contributed by atoms with Gasteiger partial charge in [-0.25, -0.2) is 4.99 Å². The third kappa shape index (κ3) is 5.24. The van der Waals surface area contributed by atoms with Gasteiger partial charge < -0.3 is 15.2 Å². The standard InChI is InChI=1S/C19H32N8.HI/c1-6-20-19(21-12-18-24-23-17-9-7-8-10-27(17)18)22-13(2)11-16-14(3)25-26(5)15(16)4;/h13H,6-12H2,1-5H3,(H2,20,21,22);1H. The van der Waals surface area contributed by atoms with Crippen molar-refractivity contribution in [3.63, 3.8) is 0 Å². The van der Waals surface area contributed by atoms with Crippen molar-refractivity contribution >= 4 is 29.9 Å². The average Bonchev–Trinajstić information content (AvgIpc) is 3.16. The van der Waals surface area contributed by atoms with Crippen LogP contribution in [0.15, 0.2) is 4.99 Å². The number of hydrogen-bond donors (Lipinski definition) is 2. The summed E-state index contributed by atoms with van der Waals surface area (Å²) in [5, 5.41) is 20.0. The van der Waals surface area contributed by atoms with Crippen LogP contribution in [0, 0.1) is 13.8 Å². The summed E-state index contributed by atoms with van der Waals surface area (Å²) in [6.07, 6.45) is 4.34. The van der Waals surface area contributed by atoms with Crippen LogP contribution >= 0.6 is 24.0 Å². The molecule has 2 aromatic rings. The van der Waals surface area contributed by atoms with Gasteiger partial charge in [0, 0.05) is 38.3 Å². The average molecular weight is 500 g/mol. The van der Waals surface area contributed by atoms with Crippen LogP contribution < -0.4 is 10.6 Å². The molecule has 0 spiro atoms. The lowest BCUT2D eigenvalue weighted by Gasteiger charge is -2.18. The second-order valence-electron chi connectivity index (χ2n) is 7.36. The predicted octanol–water partition coefficient (Wildman–Crippen LogP) is 2.27. The first-order valence-corrected chi connectivity index (χ1v) is 9.94. The Morgan fingerprint density at radius 3 is 2.71 bits per heavy atom. The van der Waals surface area contributed by atoms with E-state index in [0.29, 0.717) is 6.54 Å². The fraction of sp³-hybridized carbons (Fsp3) is 0.684. The quantitative estimate of drug-likeness (QED) is 0.361. The molecule has 0 fully saturated rings. The largest absolute Gasteiger partial charge is 0.357 e. The number of aromatic nitrogens is 5. The second kappa shape index (κ2) is 10.2. The number of guanidine groups is 1. The van der Waals surface area contributed by atoms with Crippen LogP contribution in [-0.4, -0.2) is 43.1 Å². The van der Waals surface area contributed by atoms with Crippen LogP contribution in [0.2, 0.25) is 0 Å². The summed E-state index contributed by atoms with van der Waals surface area (Å²) in [5.74, 6) is 2.87. The lowest BCUT2D eigenvalue weighted by molar-refractivity contribution is 0.507. The lowest BCUT2D eigenvalue weighted by Crippen LogP contribution is -2.43. The van der Waals surface area contributed by atoms with E-state index in [-0.39, 0.29) is 30.0 Å². The van der Waals surface area contributed by atoms with Crippen molar-refractivity contribution in [1.82, 2.24) is 35.2 Å². The molecule has 2 aromatic heterocycles. The van der Waals surface area contributed by atoms with Crippen molar-refractivity contribution in [3.05, 3.63) is 28.6 Å². The number of aliphatic imine (C=N–C) groups is 1. The van der Waals surface area contributed by atoms with Gasteiger partial charge in [-0.05, 0) is 52.5 Å². The van der Waals surface area contributed by atoms with E-state index in [9.17, 15) is 0 Å².